The molecule has 0 bridgehead atoms. The van der Waals surface area contributed by atoms with Crippen LogP contribution in [0.4, 0.5) is 0 Å². The minimum atomic E-state index is 0.00670. The van der Waals surface area contributed by atoms with Gasteiger partial charge >= 0.3 is 5.69 Å². The molecule has 0 radical (unpaired) electrons. The zero-order valence-electron chi connectivity index (χ0n) is 14.7. The van der Waals surface area contributed by atoms with Crippen molar-refractivity contribution in [1.82, 2.24) is 19.4 Å². The summed E-state index contributed by atoms with van der Waals surface area (Å²) in [6.45, 7) is 10.2. The van der Waals surface area contributed by atoms with Gasteiger partial charge in [0.15, 0.2) is 5.65 Å². The standard InChI is InChI=1S/C18H26N4O/c1-12-10-13(8-9-19-12)14-6-7-15-16(20-14)21(5)17(23)22(15)11-18(2,3)4/h6-8,12,19H,9-11H2,1-5H3. The molecule has 2 aromatic rings. The fraction of sp³-hybridized carbons (Fsp3) is 0.556. The van der Waals surface area contributed by atoms with Crippen molar-refractivity contribution in [3.8, 4) is 0 Å². The van der Waals surface area contributed by atoms with Crippen LogP contribution in [0.25, 0.3) is 16.7 Å². The van der Waals surface area contributed by atoms with Gasteiger partial charge in [0.25, 0.3) is 0 Å². The minimum Gasteiger partial charge on any atom is -0.310 e. The van der Waals surface area contributed by atoms with E-state index >= 15 is 0 Å². The van der Waals surface area contributed by atoms with Crippen LogP contribution in [0.15, 0.2) is 23.0 Å². The molecular formula is C18H26N4O. The number of rotatable bonds is 2. The Kier molecular flexibility index (Phi) is 3.92. The lowest BCUT2D eigenvalue weighted by molar-refractivity contribution is 0.342. The summed E-state index contributed by atoms with van der Waals surface area (Å²) in [4.78, 5) is 17.4. The van der Waals surface area contributed by atoms with Crippen LogP contribution < -0.4 is 11.0 Å². The topological polar surface area (TPSA) is 51.9 Å². The van der Waals surface area contributed by atoms with Crippen molar-refractivity contribution in [3.63, 3.8) is 0 Å². The second-order valence-corrected chi connectivity index (χ2v) is 7.77. The Bertz CT molecular complexity index is 820. The third-order valence-corrected chi connectivity index (χ3v) is 4.28. The number of nitrogens with one attached hydrogen (secondary N) is 1. The van der Waals surface area contributed by atoms with Gasteiger partial charge in [0, 0.05) is 26.2 Å². The van der Waals surface area contributed by atoms with Crippen LogP contribution >= 0.6 is 0 Å². The smallest absolute Gasteiger partial charge is 0.310 e. The maximum Gasteiger partial charge on any atom is 0.330 e. The van der Waals surface area contributed by atoms with Crippen LogP contribution in [0.3, 0.4) is 0 Å². The molecule has 1 aliphatic heterocycles. The zero-order valence-corrected chi connectivity index (χ0v) is 14.7. The van der Waals surface area contributed by atoms with Crippen molar-refractivity contribution in [1.29, 1.82) is 0 Å². The van der Waals surface area contributed by atoms with E-state index in [1.807, 2.05) is 16.7 Å². The number of aryl methyl sites for hydroxylation is 1. The molecule has 5 heteroatoms. The van der Waals surface area contributed by atoms with E-state index in [0.29, 0.717) is 12.6 Å². The third kappa shape index (κ3) is 3.11. The van der Waals surface area contributed by atoms with E-state index in [-0.39, 0.29) is 11.1 Å². The van der Waals surface area contributed by atoms with E-state index in [9.17, 15) is 4.79 Å². The molecule has 3 rings (SSSR count). The fourth-order valence-corrected chi connectivity index (χ4v) is 3.16. The highest BCUT2D eigenvalue weighted by Gasteiger charge is 2.20. The summed E-state index contributed by atoms with van der Waals surface area (Å²) in [5, 5.41) is 3.41. The van der Waals surface area contributed by atoms with Crippen LogP contribution in [0.1, 0.15) is 39.8 Å². The van der Waals surface area contributed by atoms with Crippen molar-refractivity contribution >= 4 is 16.7 Å². The second kappa shape index (κ2) is 5.64. The van der Waals surface area contributed by atoms with E-state index in [1.165, 1.54) is 5.57 Å². The van der Waals surface area contributed by atoms with Gasteiger partial charge in [0.1, 0.15) is 0 Å². The molecular weight excluding hydrogens is 288 g/mol. The number of imidazole rings is 1. The Balaban J connectivity index is 2.09. The van der Waals surface area contributed by atoms with Crippen molar-refractivity contribution in [3.05, 3.63) is 34.4 Å². The summed E-state index contributed by atoms with van der Waals surface area (Å²) in [6, 6.07) is 4.55. The van der Waals surface area contributed by atoms with Gasteiger partial charge in [-0.15, -0.1) is 0 Å². The first-order valence-electron chi connectivity index (χ1n) is 8.25. The summed E-state index contributed by atoms with van der Waals surface area (Å²) in [7, 11) is 1.81. The van der Waals surface area contributed by atoms with E-state index in [2.05, 4.69) is 39.1 Å². The first kappa shape index (κ1) is 16.0. The molecule has 0 aromatic carbocycles. The summed E-state index contributed by atoms with van der Waals surface area (Å²) in [5.74, 6) is 0. The second-order valence-electron chi connectivity index (χ2n) is 7.77. The van der Waals surface area contributed by atoms with Gasteiger partial charge in [0.05, 0.1) is 11.2 Å². The molecule has 0 saturated heterocycles. The number of fused-ring (bicyclic) bond motifs is 1. The summed E-state index contributed by atoms with van der Waals surface area (Å²) < 4.78 is 3.50. The van der Waals surface area contributed by atoms with Crippen molar-refractivity contribution in [2.24, 2.45) is 12.5 Å². The van der Waals surface area contributed by atoms with Crippen molar-refractivity contribution in [2.75, 3.05) is 6.54 Å². The molecule has 1 unspecified atom stereocenters. The van der Waals surface area contributed by atoms with Gasteiger partial charge in [-0.1, -0.05) is 26.8 Å². The lowest BCUT2D eigenvalue weighted by atomic mass is 9.97. The number of aromatic nitrogens is 3. The molecule has 0 aliphatic carbocycles. The molecule has 2 aromatic heterocycles. The number of hydrogen-bond acceptors (Lipinski definition) is 3. The summed E-state index contributed by atoms with van der Waals surface area (Å²) in [5.41, 5.74) is 3.97. The minimum absolute atomic E-state index is 0.00670. The molecule has 124 valence electrons. The van der Waals surface area contributed by atoms with Gasteiger partial charge < -0.3 is 5.32 Å². The number of hydrogen-bond donors (Lipinski definition) is 1. The molecule has 0 saturated carbocycles. The normalized spacial score (nSPS) is 19.2. The van der Waals surface area contributed by atoms with E-state index in [4.69, 9.17) is 4.98 Å². The molecule has 0 spiro atoms. The molecule has 0 fully saturated rings. The SMILES string of the molecule is CC1CC(c2ccc3c(n2)n(C)c(=O)n3CC(C)(C)C)=CCN1. The summed E-state index contributed by atoms with van der Waals surface area (Å²) >= 11 is 0. The lowest BCUT2D eigenvalue weighted by Gasteiger charge is -2.20. The highest BCUT2D eigenvalue weighted by Crippen LogP contribution is 2.24. The van der Waals surface area contributed by atoms with E-state index in [0.717, 1.165) is 29.8 Å². The van der Waals surface area contributed by atoms with Crippen molar-refractivity contribution in [2.45, 2.75) is 46.7 Å². The van der Waals surface area contributed by atoms with Crippen LogP contribution in [-0.2, 0) is 13.6 Å². The van der Waals surface area contributed by atoms with Gasteiger partial charge in [-0.05, 0) is 36.5 Å². The molecule has 1 N–H and O–H groups in total. The van der Waals surface area contributed by atoms with Gasteiger partial charge in [0.2, 0.25) is 0 Å². The average Bonchev–Trinajstić information content (AvgIpc) is 2.71. The maximum atomic E-state index is 12.6. The molecule has 1 aliphatic rings. The van der Waals surface area contributed by atoms with Crippen LogP contribution in [-0.4, -0.2) is 26.7 Å². The predicted molar refractivity (Wildman–Crippen MR) is 94.5 cm³/mol. The molecule has 0 amide bonds. The lowest BCUT2D eigenvalue weighted by Crippen LogP contribution is -2.30. The Morgan fingerprint density at radius 2 is 2.09 bits per heavy atom. The highest BCUT2D eigenvalue weighted by atomic mass is 16.1. The monoisotopic (exact) mass is 314 g/mol. The molecule has 1 atom stereocenters. The first-order valence-corrected chi connectivity index (χ1v) is 8.25. The Labute approximate surface area is 137 Å². The van der Waals surface area contributed by atoms with Crippen LogP contribution in [0.2, 0.25) is 0 Å². The molecule has 5 nitrogen and oxygen atoms in total. The third-order valence-electron chi connectivity index (χ3n) is 4.28. The zero-order chi connectivity index (χ0) is 16.8. The molecule has 23 heavy (non-hydrogen) atoms. The largest absolute Gasteiger partial charge is 0.330 e. The Hall–Kier alpha value is -1.88. The van der Waals surface area contributed by atoms with E-state index < -0.39 is 0 Å². The van der Waals surface area contributed by atoms with E-state index in [1.54, 1.807) is 11.6 Å². The molecule has 3 heterocycles. The van der Waals surface area contributed by atoms with Crippen molar-refractivity contribution < 1.29 is 0 Å². The van der Waals surface area contributed by atoms with Gasteiger partial charge in [-0.25, -0.2) is 9.78 Å². The fourth-order valence-electron chi connectivity index (χ4n) is 3.16. The maximum absolute atomic E-state index is 12.6. The average molecular weight is 314 g/mol. The number of pyridine rings is 1. The Morgan fingerprint density at radius 1 is 1.35 bits per heavy atom. The highest BCUT2D eigenvalue weighted by molar-refractivity contribution is 5.76. The first-order chi connectivity index (χ1) is 10.8. The quantitative estimate of drug-likeness (QED) is 0.927. The number of nitrogens with zero attached hydrogens (tertiary/aromatic N) is 3. The van der Waals surface area contributed by atoms with Crippen LogP contribution in [0.5, 0.6) is 0 Å². The Morgan fingerprint density at radius 3 is 2.74 bits per heavy atom. The summed E-state index contributed by atoms with van der Waals surface area (Å²) in [6.07, 6.45) is 3.16. The van der Waals surface area contributed by atoms with Crippen LogP contribution in [0, 0.1) is 5.41 Å². The van der Waals surface area contributed by atoms with Gasteiger partial charge in [-0.3, -0.25) is 9.13 Å². The van der Waals surface area contributed by atoms with Gasteiger partial charge in [-0.2, -0.15) is 0 Å². The predicted octanol–water partition coefficient (Wildman–Crippen LogP) is 2.55.